The van der Waals surface area contributed by atoms with E-state index in [9.17, 15) is 4.79 Å². The Balaban J connectivity index is 1.63. The molecule has 1 saturated carbocycles. The Labute approximate surface area is 153 Å². The molecule has 1 amide bonds. The van der Waals surface area contributed by atoms with Gasteiger partial charge in [0, 0.05) is 29.4 Å². The topological polar surface area (TPSA) is 38.1 Å². The Hall–Kier alpha value is -1.81. The first-order valence-corrected chi connectivity index (χ1v) is 9.61. The molecule has 0 aliphatic heterocycles. The summed E-state index contributed by atoms with van der Waals surface area (Å²) in [5, 5.41) is 5.39. The molecule has 0 atom stereocenters. The third kappa shape index (κ3) is 3.20. The number of fused-ring (bicyclic) bond motifs is 1. The molecular weight excluding hydrogens is 334 g/mol. The smallest absolute Gasteiger partial charge is 0.254 e. The third-order valence-electron chi connectivity index (χ3n) is 5.64. The van der Waals surface area contributed by atoms with Gasteiger partial charge in [0.2, 0.25) is 0 Å². The van der Waals surface area contributed by atoms with Crippen LogP contribution in [0.5, 0.6) is 0 Å². The maximum atomic E-state index is 13.2. The molecule has 1 aromatic carbocycles. The van der Waals surface area contributed by atoms with E-state index in [0.29, 0.717) is 23.2 Å². The van der Waals surface area contributed by atoms with Gasteiger partial charge in [-0.3, -0.25) is 9.48 Å². The molecule has 0 radical (unpaired) electrons. The summed E-state index contributed by atoms with van der Waals surface area (Å²) in [5.74, 6) is 0.0981. The Morgan fingerprint density at radius 1 is 1.20 bits per heavy atom. The number of aromatic nitrogens is 2. The average molecular weight is 358 g/mol. The monoisotopic (exact) mass is 357 g/mol. The van der Waals surface area contributed by atoms with Crippen LogP contribution in [0.25, 0.3) is 0 Å². The lowest BCUT2D eigenvalue weighted by Gasteiger charge is -2.29. The Morgan fingerprint density at radius 2 is 1.92 bits per heavy atom. The van der Waals surface area contributed by atoms with Gasteiger partial charge in [-0.1, -0.05) is 24.4 Å². The molecule has 1 heterocycles. The van der Waals surface area contributed by atoms with Crippen molar-refractivity contribution in [1.82, 2.24) is 14.7 Å². The molecule has 0 N–H and O–H groups in total. The summed E-state index contributed by atoms with van der Waals surface area (Å²) in [6, 6.07) is 7.56. The standard InChI is InChI=1S/C20H24ClN3O/c1-23-19-8-4-7-17(19)18(22-23)13-24(16-5-2-3-6-16)20(25)14-9-11-15(21)12-10-14/h9-12,16H,2-8,13H2,1H3. The van der Waals surface area contributed by atoms with Gasteiger partial charge in [-0.2, -0.15) is 5.10 Å². The summed E-state index contributed by atoms with van der Waals surface area (Å²) >= 11 is 5.98. The number of nitrogens with zero attached hydrogens (tertiary/aromatic N) is 3. The van der Waals surface area contributed by atoms with E-state index in [1.54, 1.807) is 12.1 Å². The zero-order valence-corrected chi connectivity index (χ0v) is 15.4. The van der Waals surface area contributed by atoms with Crippen LogP contribution in [0.15, 0.2) is 24.3 Å². The average Bonchev–Trinajstić information content (AvgIpc) is 3.33. The molecule has 132 valence electrons. The number of carbonyl (C=O) groups is 1. The summed E-state index contributed by atoms with van der Waals surface area (Å²) < 4.78 is 2.01. The Kier molecular flexibility index (Phi) is 4.55. The number of amides is 1. The van der Waals surface area contributed by atoms with Gasteiger partial charge >= 0.3 is 0 Å². The maximum absolute atomic E-state index is 13.2. The summed E-state index contributed by atoms with van der Waals surface area (Å²) in [7, 11) is 2.02. The van der Waals surface area contributed by atoms with E-state index >= 15 is 0 Å². The number of carbonyl (C=O) groups excluding carboxylic acids is 1. The van der Waals surface area contributed by atoms with Crippen molar-refractivity contribution in [3.8, 4) is 0 Å². The Morgan fingerprint density at radius 3 is 2.64 bits per heavy atom. The van der Waals surface area contributed by atoms with Crippen molar-refractivity contribution in [3.05, 3.63) is 51.8 Å². The quantitative estimate of drug-likeness (QED) is 0.824. The van der Waals surface area contributed by atoms with Crippen LogP contribution in [0.3, 0.4) is 0 Å². The van der Waals surface area contributed by atoms with Gasteiger partial charge in [0.15, 0.2) is 0 Å². The molecule has 0 saturated heterocycles. The van der Waals surface area contributed by atoms with E-state index in [1.165, 1.54) is 30.5 Å². The molecule has 0 unspecified atom stereocenters. The van der Waals surface area contributed by atoms with Crippen molar-refractivity contribution in [3.63, 3.8) is 0 Å². The van der Waals surface area contributed by atoms with Crippen molar-refractivity contribution in [2.45, 2.75) is 57.5 Å². The Bertz CT molecular complexity index is 775. The van der Waals surface area contributed by atoms with Gasteiger partial charge in [-0.05, 0) is 61.9 Å². The largest absolute Gasteiger partial charge is 0.330 e. The SMILES string of the molecule is Cn1nc(CN(C(=O)c2ccc(Cl)cc2)C2CCCC2)c2c1CCC2. The zero-order valence-electron chi connectivity index (χ0n) is 14.7. The number of aryl methyl sites for hydroxylation is 1. The highest BCUT2D eigenvalue weighted by molar-refractivity contribution is 6.30. The normalized spacial score (nSPS) is 17.0. The van der Waals surface area contributed by atoms with Crippen LogP contribution in [-0.4, -0.2) is 26.6 Å². The van der Waals surface area contributed by atoms with Gasteiger partial charge in [-0.15, -0.1) is 0 Å². The predicted octanol–water partition coefficient (Wildman–Crippen LogP) is 4.15. The molecule has 2 aliphatic rings. The highest BCUT2D eigenvalue weighted by Crippen LogP contribution is 2.30. The van der Waals surface area contributed by atoms with Crippen LogP contribution in [-0.2, 0) is 26.4 Å². The van der Waals surface area contributed by atoms with Crippen LogP contribution in [0, 0.1) is 0 Å². The van der Waals surface area contributed by atoms with E-state index in [0.717, 1.165) is 31.4 Å². The fraction of sp³-hybridized carbons (Fsp3) is 0.500. The zero-order chi connectivity index (χ0) is 17.4. The summed E-state index contributed by atoms with van der Waals surface area (Å²) in [6.07, 6.45) is 7.98. The van der Waals surface area contributed by atoms with Crippen molar-refractivity contribution >= 4 is 17.5 Å². The van der Waals surface area contributed by atoms with Crippen molar-refractivity contribution in [2.24, 2.45) is 7.05 Å². The first-order chi connectivity index (χ1) is 12.1. The second-order valence-electron chi connectivity index (χ2n) is 7.23. The van der Waals surface area contributed by atoms with E-state index < -0.39 is 0 Å². The molecule has 1 fully saturated rings. The van der Waals surface area contributed by atoms with Gasteiger partial charge in [0.1, 0.15) is 0 Å². The van der Waals surface area contributed by atoms with Crippen LogP contribution in [0.1, 0.15) is 59.4 Å². The van der Waals surface area contributed by atoms with E-state index in [1.807, 2.05) is 23.9 Å². The second-order valence-corrected chi connectivity index (χ2v) is 7.66. The predicted molar refractivity (Wildman–Crippen MR) is 98.8 cm³/mol. The molecule has 0 spiro atoms. The number of benzene rings is 1. The lowest BCUT2D eigenvalue weighted by atomic mass is 10.1. The molecule has 0 bridgehead atoms. The number of hydrogen-bond acceptors (Lipinski definition) is 2. The van der Waals surface area contributed by atoms with Crippen molar-refractivity contribution < 1.29 is 4.79 Å². The summed E-state index contributed by atoms with van der Waals surface area (Å²) in [5.41, 5.74) is 4.52. The molecule has 4 rings (SSSR count). The lowest BCUT2D eigenvalue weighted by Crippen LogP contribution is -2.38. The molecule has 5 heteroatoms. The van der Waals surface area contributed by atoms with Gasteiger partial charge in [-0.25, -0.2) is 0 Å². The minimum Gasteiger partial charge on any atom is -0.330 e. The highest BCUT2D eigenvalue weighted by Gasteiger charge is 2.30. The minimum absolute atomic E-state index is 0.0981. The maximum Gasteiger partial charge on any atom is 0.254 e. The van der Waals surface area contributed by atoms with Crippen molar-refractivity contribution in [1.29, 1.82) is 0 Å². The van der Waals surface area contributed by atoms with E-state index in [2.05, 4.69) is 4.90 Å². The summed E-state index contributed by atoms with van der Waals surface area (Å²) in [6.45, 7) is 0.620. The lowest BCUT2D eigenvalue weighted by molar-refractivity contribution is 0.0661. The highest BCUT2D eigenvalue weighted by atomic mass is 35.5. The summed E-state index contributed by atoms with van der Waals surface area (Å²) in [4.78, 5) is 15.3. The number of rotatable bonds is 4. The molecule has 25 heavy (non-hydrogen) atoms. The molecule has 1 aromatic heterocycles. The first-order valence-electron chi connectivity index (χ1n) is 9.23. The number of hydrogen-bond donors (Lipinski definition) is 0. The third-order valence-corrected chi connectivity index (χ3v) is 5.89. The van der Waals surface area contributed by atoms with Crippen LogP contribution in [0.2, 0.25) is 5.02 Å². The van der Waals surface area contributed by atoms with E-state index in [4.69, 9.17) is 16.7 Å². The second kappa shape index (κ2) is 6.83. The van der Waals surface area contributed by atoms with Gasteiger partial charge < -0.3 is 4.90 Å². The van der Waals surface area contributed by atoms with Gasteiger partial charge in [0.05, 0.1) is 12.2 Å². The number of halogens is 1. The molecule has 2 aliphatic carbocycles. The van der Waals surface area contributed by atoms with Crippen LogP contribution in [0.4, 0.5) is 0 Å². The van der Waals surface area contributed by atoms with Crippen LogP contribution >= 0.6 is 11.6 Å². The minimum atomic E-state index is 0.0981. The molecule has 2 aromatic rings. The fourth-order valence-electron chi connectivity index (χ4n) is 4.33. The van der Waals surface area contributed by atoms with Crippen molar-refractivity contribution in [2.75, 3.05) is 0 Å². The molecular formula is C20H24ClN3O. The fourth-order valence-corrected chi connectivity index (χ4v) is 4.45. The van der Waals surface area contributed by atoms with Gasteiger partial charge in [0.25, 0.3) is 5.91 Å². The van der Waals surface area contributed by atoms with Crippen LogP contribution < -0.4 is 0 Å². The molecule has 4 nitrogen and oxygen atoms in total. The first kappa shape index (κ1) is 16.6. The van der Waals surface area contributed by atoms with E-state index in [-0.39, 0.29) is 5.91 Å².